The second kappa shape index (κ2) is 5.75. The zero-order valence-electron chi connectivity index (χ0n) is 10.4. The molecule has 1 atom stereocenters. The first-order valence-corrected chi connectivity index (χ1v) is 7.08. The highest BCUT2D eigenvalue weighted by atomic mass is 35.5. The summed E-state index contributed by atoms with van der Waals surface area (Å²) < 4.78 is 0. The second-order valence-electron chi connectivity index (χ2n) is 4.32. The van der Waals surface area contributed by atoms with Gasteiger partial charge in [0.05, 0.1) is 5.92 Å². The molecule has 2 N–H and O–H groups in total. The zero-order chi connectivity index (χ0) is 14.0. The Morgan fingerprint density at radius 1 is 1.58 bits per heavy atom. The molecule has 2 heterocycles. The van der Waals surface area contributed by atoms with Gasteiger partial charge in [-0.1, -0.05) is 22.9 Å². The van der Waals surface area contributed by atoms with Gasteiger partial charge in [-0.25, -0.2) is 9.78 Å². The lowest BCUT2D eigenvalue weighted by molar-refractivity contribution is -0.124. The SMILES string of the molecule is CNC(=O)C1CCCN(c2nc(Cl)c(C(=O)O)s2)C1. The number of carbonyl (C=O) groups excluding carboxylic acids is 1. The van der Waals surface area contributed by atoms with Crippen molar-refractivity contribution in [2.45, 2.75) is 12.8 Å². The third-order valence-electron chi connectivity index (χ3n) is 3.08. The minimum Gasteiger partial charge on any atom is -0.477 e. The van der Waals surface area contributed by atoms with Gasteiger partial charge in [0.1, 0.15) is 0 Å². The molecule has 0 radical (unpaired) electrons. The molecule has 1 amide bonds. The monoisotopic (exact) mass is 303 g/mol. The number of carboxylic acid groups (broad SMARTS) is 1. The first-order valence-electron chi connectivity index (χ1n) is 5.89. The molecule has 1 saturated heterocycles. The predicted octanol–water partition coefficient (Wildman–Crippen LogP) is 1.46. The summed E-state index contributed by atoms with van der Waals surface area (Å²) in [5, 5.41) is 12.2. The van der Waals surface area contributed by atoms with Gasteiger partial charge in [-0.3, -0.25) is 4.79 Å². The number of rotatable bonds is 3. The average Bonchev–Trinajstić information content (AvgIpc) is 2.80. The minimum absolute atomic E-state index is 0.00538. The van der Waals surface area contributed by atoms with Crippen LogP contribution in [0.3, 0.4) is 0 Å². The normalized spacial score (nSPS) is 19.3. The van der Waals surface area contributed by atoms with E-state index in [1.54, 1.807) is 7.05 Å². The van der Waals surface area contributed by atoms with Crippen LogP contribution in [0.25, 0.3) is 0 Å². The Balaban J connectivity index is 2.15. The van der Waals surface area contributed by atoms with E-state index in [1.807, 2.05) is 4.90 Å². The lowest BCUT2D eigenvalue weighted by Crippen LogP contribution is -2.42. The van der Waals surface area contributed by atoms with Crippen molar-refractivity contribution in [3.8, 4) is 0 Å². The predicted molar refractivity (Wildman–Crippen MR) is 73.1 cm³/mol. The maximum Gasteiger partial charge on any atom is 0.349 e. The second-order valence-corrected chi connectivity index (χ2v) is 5.66. The lowest BCUT2D eigenvalue weighted by atomic mass is 9.98. The van der Waals surface area contributed by atoms with Gasteiger partial charge >= 0.3 is 5.97 Å². The van der Waals surface area contributed by atoms with Crippen molar-refractivity contribution in [3.05, 3.63) is 10.0 Å². The molecule has 1 aromatic rings. The van der Waals surface area contributed by atoms with Gasteiger partial charge in [-0.05, 0) is 12.8 Å². The fraction of sp³-hybridized carbons (Fsp3) is 0.545. The third-order valence-corrected chi connectivity index (χ3v) is 4.57. The van der Waals surface area contributed by atoms with Crippen LogP contribution in [0, 0.1) is 5.92 Å². The van der Waals surface area contributed by atoms with E-state index in [9.17, 15) is 9.59 Å². The van der Waals surface area contributed by atoms with Gasteiger partial charge in [0, 0.05) is 20.1 Å². The average molecular weight is 304 g/mol. The van der Waals surface area contributed by atoms with Crippen molar-refractivity contribution in [2.24, 2.45) is 5.92 Å². The van der Waals surface area contributed by atoms with Crippen LogP contribution in [0.5, 0.6) is 0 Å². The van der Waals surface area contributed by atoms with Gasteiger partial charge < -0.3 is 15.3 Å². The summed E-state index contributed by atoms with van der Waals surface area (Å²) in [4.78, 5) is 28.6. The van der Waals surface area contributed by atoms with E-state index in [4.69, 9.17) is 16.7 Å². The summed E-state index contributed by atoms with van der Waals surface area (Å²) in [6.07, 6.45) is 1.71. The van der Waals surface area contributed by atoms with E-state index >= 15 is 0 Å². The Morgan fingerprint density at radius 2 is 2.32 bits per heavy atom. The summed E-state index contributed by atoms with van der Waals surface area (Å²) in [6.45, 7) is 1.30. The van der Waals surface area contributed by atoms with Crippen LogP contribution in [0.4, 0.5) is 5.13 Å². The first kappa shape index (κ1) is 14.1. The number of carbonyl (C=O) groups is 2. The van der Waals surface area contributed by atoms with Crippen LogP contribution in [0.15, 0.2) is 0 Å². The van der Waals surface area contributed by atoms with Crippen molar-refractivity contribution in [3.63, 3.8) is 0 Å². The minimum atomic E-state index is -1.08. The molecule has 0 aliphatic carbocycles. The highest BCUT2D eigenvalue weighted by Crippen LogP contribution is 2.32. The number of hydrogen-bond donors (Lipinski definition) is 2. The number of halogens is 1. The number of nitrogens with zero attached hydrogens (tertiary/aromatic N) is 2. The molecule has 19 heavy (non-hydrogen) atoms. The van der Waals surface area contributed by atoms with Crippen LogP contribution in [-0.2, 0) is 4.79 Å². The Bertz CT molecular complexity index is 505. The molecular weight excluding hydrogens is 290 g/mol. The Morgan fingerprint density at radius 3 is 2.89 bits per heavy atom. The maximum atomic E-state index is 11.6. The molecule has 1 fully saturated rings. The van der Waals surface area contributed by atoms with Crippen LogP contribution in [0.2, 0.25) is 5.15 Å². The van der Waals surface area contributed by atoms with Crippen molar-refractivity contribution < 1.29 is 14.7 Å². The summed E-state index contributed by atoms with van der Waals surface area (Å²) in [6, 6.07) is 0. The maximum absolute atomic E-state index is 11.6. The quantitative estimate of drug-likeness (QED) is 0.883. The van der Waals surface area contributed by atoms with Gasteiger partial charge in [0.15, 0.2) is 15.2 Å². The third kappa shape index (κ3) is 2.98. The standard InChI is InChI=1S/C11H14ClN3O3S/c1-13-9(16)6-3-2-4-15(5-6)11-14-8(12)7(19-11)10(17)18/h6H,2-5H2,1H3,(H,13,16)(H,17,18). The van der Waals surface area contributed by atoms with Crippen LogP contribution in [0.1, 0.15) is 22.5 Å². The zero-order valence-corrected chi connectivity index (χ0v) is 11.9. The molecule has 1 unspecified atom stereocenters. The lowest BCUT2D eigenvalue weighted by Gasteiger charge is -2.31. The molecule has 6 nitrogen and oxygen atoms in total. The van der Waals surface area contributed by atoms with Gasteiger partial charge in [0.2, 0.25) is 5.91 Å². The van der Waals surface area contributed by atoms with Crippen LogP contribution >= 0.6 is 22.9 Å². The summed E-state index contributed by atoms with van der Waals surface area (Å²) >= 11 is 6.85. The number of hydrogen-bond acceptors (Lipinski definition) is 5. The van der Waals surface area contributed by atoms with Gasteiger partial charge in [-0.2, -0.15) is 0 Å². The van der Waals surface area contributed by atoms with E-state index in [-0.39, 0.29) is 21.9 Å². The van der Waals surface area contributed by atoms with E-state index < -0.39 is 5.97 Å². The fourth-order valence-corrected chi connectivity index (χ4v) is 3.29. The summed E-state index contributed by atoms with van der Waals surface area (Å²) in [5.41, 5.74) is 0. The molecule has 1 aliphatic heterocycles. The molecule has 0 spiro atoms. The molecule has 0 saturated carbocycles. The number of aromatic nitrogens is 1. The molecular formula is C11H14ClN3O3S. The number of nitrogens with one attached hydrogen (secondary N) is 1. The van der Waals surface area contributed by atoms with E-state index in [0.29, 0.717) is 11.7 Å². The number of amides is 1. The number of carboxylic acids is 1. The number of piperidine rings is 1. The topological polar surface area (TPSA) is 82.5 Å². The highest BCUT2D eigenvalue weighted by Gasteiger charge is 2.28. The Labute approximate surface area is 119 Å². The van der Waals surface area contributed by atoms with Crippen molar-refractivity contribution in [1.82, 2.24) is 10.3 Å². The van der Waals surface area contributed by atoms with Crippen molar-refractivity contribution in [1.29, 1.82) is 0 Å². The molecule has 104 valence electrons. The van der Waals surface area contributed by atoms with E-state index in [1.165, 1.54) is 0 Å². The first-order chi connectivity index (χ1) is 9.02. The molecule has 1 aromatic heterocycles. The summed E-state index contributed by atoms with van der Waals surface area (Å²) in [7, 11) is 1.62. The Kier molecular flexibility index (Phi) is 4.26. The van der Waals surface area contributed by atoms with Gasteiger partial charge in [0.25, 0.3) is 0 Å². The number of anilines is 1. The molecule has 8 heteroatoms. The molecule has 0 aromatic carbocycles. The van der Waals surface area contributed by atoms with E-state index in [0.717, 1.165) is 30.7 Å². The van der Waals surface area contributed by atoms with Crippen molar-refractivity contribution in [2.75, 3.05) is 25.0 Å². The number of thiazole rings is 1. The summed E-state index contributed by atoms with van der Waals surface area (Å²) in [5.74, 6) is -1.16. The number of aromatic carboxylic acids is 1. The van der Waals surface area contributed by atoms with Gasteiger partial charge in [-0.15, -0.1) is 0 Å². The highest BCUT2D eigenvalue weighted by molar-refractivity contribution is 7.18. The largest absolute Gasteiger partial charge is 0.477 e. The molecule has 0 bridgehead atoms. The smallest absolute Gasteiger partial charge is 0.349 e. The van der Waals surface area contributed by atoms with Crippen LogP contribution < -0.4 is 10.2 Å². The molecule has 1 aliphatic rings. The van der Waals surface area contributed by atoms with Crippen molar-refractivity contribution >= 4 is 39.9 Å². The molecule has 2 rings (SSSR count). The fourth-order valence-electron chi connectivity index (χ4n) is 2.13. The van der Waals surface area contributed by atoms with E-state index in [2.05, 4.69) is 10.3 Å². The Hall–Kier alpha value is -1.34. The van der Waals surface area contributed by atoms with Crippen LogP contribution in [-0.4, -0.2) is 42.1 Å².